The quantitative estimate of drug-likeness (QED) is 0.681. The van der Waals surface area contributed by atoms with Gasteiger partial charge in [0.15, 0.2) is 0 Å². The van der Waals surface area contributed by atoms with Gasteiger partial charge in [0.05, 0.1) is 13.2 Å². The number of aromatic nitrogens is 3. The van der Waals surface area contributed by atoms with E-state index in [0.717, 1.165) is 5.56 Å². The number of esters is 1. The van der Waals surface area contributed by atoms with Crippen molar-refractivity contribution in [3.63, 3.8) is 0 Å². The van der Waals surface area contributed by atoms with Crippen molar-refractivity contribution in [2.75, 3.05) is 6.61 Å². The summed E-state index contributed by atoms with van der Waals surface area (Å²) in [6, 6.07) is 7.12. The minimum absolute atomic E-state index is 0.000368. The number of carbonyl (C=O) groups is 1. The van der Waals surface area contributed by atoms with Crippen molar-refractivity contribution in [3.05, 3.63) is 57.2 Å². The highest BCUT2D eigenvalue weighted by Crippen LogP contribution is 2.14. The minimum atomic E-state index is -0.717. The summed E-state index contributed by atoms with van der Waals surface area (Å²) in [5, 5.41) is 4.17. The predicted octanol–water partition coefficient (Wildman–Crippen LogP) is 2.26. The fourth-order valence-electron chi connectivity index (χ4n) is 2.16. The standard InChI is InChI=1S/C15H12ClN3O4/c1-2-22-15(21)12-11-13(23-18-12)17-8-19(14(11)20)7-9-4-3-5-10(16)6-9/h3-6,8H,2,7H2,1H3. The molecule has 0 aliphatic rings. The van der Waals surface area contributed by atoms with Gasteiger partial charge in [0.25, 0.3) is 11.3 Å². The van der Waals surface area contributed by atoms with E-state index in [0.29, 0.717) is 5.02 Å². The average Bonchev–Trinajstić information content (AvgIpc) is 2.95. The first kappa shape index (κ1) is 15.2. The molecule has 0 N–H and O–H groups in total. The van der Waals surface area contributed by atoms with E-state index in [1.165, 1.54) is 10.9 Å². The van der Waals surface area contributed by atoms with E-state index in [4.69, 9.17) is 20.9 Å². The first-order valence-electron chi connectivity index (χ1n) is 6.86. The first-order chi connectivity index (χ1) is 11.1. The summed E-state index contributed by atoms with van der Waals surface area (Å²) in [5.74, 6) is -0.717. The molecule has 23 heavy (non-hydrogen) atoms. The third-order valence-corrected chi connectivity index (χ3v) is 3.41. The number of fused-ring (bicyclic) bond motifs is 1. The van der Waals surface area contributed by atoms with Crippen molar-refractivity contribution < 1.29 is 14.1 Å². The van der Waals surface area contributed by atoms with Gasteiger partial charge in [-0.3, -0.25) is 9.36 Å². The van der Waals surface area contributed by atoms with Crippen LogP contribution < -0.4 is 5.56 Å². The zero-order chi connectivity index (χ0) is 16.4. The van der Waals surface area contributed by atoms with Crippen LogP contribution in [-0.2, 0) is 11.3 Å². The second-order valence-corrected chi connectivity index (χ2v) is 5.18. The maximum atomic E-state index is 12.6. The minimum Gasteiger partial charge on any atom is -0.461 e. The van der Waals surface area contributed by atoms with Crippen LogP contribution in [0.3, 0.4) is 0 Å². The third-order valence-electron chi connectivity index (χ3n) is 3.17. The van der Waals surface area contributed by atoms with Crippen LogP contribution in [-0.4, -0.2) is 27.3 Å². The number of rotatable bonds is 4. The molecule has 0 spiro atoms. The zero-order valence-electron chi connectivity index (χ0n) is 12.2. The second-order valence-electron chi connectivity index (χ2n) is 4.74. The lowest BCUT2D eigenvalue weighted by molar-refractivity contribution is 0.0516. The lowest BCUT2D eigenvalue weighted by Gasteiger charge is -2.05. The van der Waals surface area contributed by atoms with Crippen molar-refractivity contribution in [3.8, 4) is 0 Å². The van der Waals surface area contributed by atoms with Crippen LogP contribution in [0.5, 0.6) is 0 Å². The Labute approximate surface area is 135 Å². The molecule has 0 fully saturated rings. The smallest absolute Gasteiger partial charge is 0.361 e. The average molecular weight is 334 g/mol. The number of hydrogen-bond donors (Lipinski definition) is 0. The molecule has 2 aromatic heterocycles. The number of carbonyl (C=O) groups excluding carboxylic acids is 1. The maximum Gasteiger partial charge on any atom is 0.361 e. The topological polar surface area (TPSA) is 87.2 Å². The lowest BCUT2D eigenvalue weighted by atomic mass is 10.2. The molecule has 0 aliphatic heterocycles. The van der Waals surface area contributed by atoms with Gasteiger partial charge in [-0.05, 0) is 24.6 Å². The Morgan fingerprint density at radius 3 is 3.00 bits per heavy atom. The summed E-state index contributed by atoms with van der Waals surface area (Å²) >= 11 is 5.94. The van der Waals surface area contributed by atoms with Crippen molar-refractivity contribution >= 4 is 28.7 Å². The van der Waals surface area contributed by atoms with Crippen molar-refractivity contribution in [2.45, 2.75) is 13.5 Å². The number of benzene rings is 1. The molecule has 0 radical (unpaired) electrons. The second kappa shape index (κ2) is 6.21. The Balaban J connectivity index is 2.06. The molecule has 0 aliphatic carbocycles. The van der Waals surface area contributed by atoms with Gasteiger partial charge >= 0.3 is 5.97 Å². The molecule has 118 valence electrons. The summed E-state index contributed by atoms with van der Waals surface area (Å²) < 4.78 is 11.1. The molecule has 0 bridgehead atoms. The monoisotopic (exact) mass is 333 g/mol. The molecule has 0 amide bonds. The molecule has 3 rings (SSSR count). The fourth-order valence-corrected chi connectivity index (χ4v) is 2.38. The van der Waals surface area contributed by atoms with Crippen molar-refractivity contribution in [2.24, 2.45) is 0 Å². The molecule has 0 saturated heterocycles. The van der Waals surface area contributed by atoms with Gasteiger partial charge in [-0.15, -0.1) is 0 Å². The van der Waals surface area contributed by atoms with Gasteiger partial charge in [0.1, 0.15) is 11.7 Å². The molecule has 2 heterocycles. The van der Waals surface area contributed by atoms with E-state index in [-0.39, 0.29) is 29.9 Å². The Bertz CT molecular complexity index is 932. The fraction of sp³-hybridized carbons (Fsp3) is 0.200. The molecule has 0 saturated carbocycles. The van der Waals surface area contributed by atoms with E-state index in [9.17, 15) is 9.59 Å². The lowest BCUT2D eigenvalue weighted by Crippen LogP contribution is -2.22. The van der Waals surface area contributed by atoms with E-state index >= 15 is 0 Å². The van der Waals surface area contributed by atoms with Gasteiger partial charge in [0.2, 0.25) is 5.69 Å². The van der Waals surface area contributed by atoms with Crippen LogP contribution in [0, 0.1) is 0 Å². The largest absolute Gasteiger partial charge is 0.461 e. The van der Waals surface area contributed by atoms with Crippen LogP contribution in [0.1, 0.15) is 23.0 Å². The Morgan fingerprint density at radius 2 is 2.26 bits per heavy atom. The van der Waals surface area contributed by atoms with Gasteiger partial charge < -0.3 is 9.26 Å². The van der Waals surface area contributed by atoms with Crippen molar-refractivity contribution in [1.82, 2.24) is 14.7 Å². The zero-order valence-corrected chi connectivity index (χ0v) is 12.9. The number of hydrogen-bond acceptors (Lipinski definition) is 6. The van der Waals surface area contributed by atoms with Crippen LogP contribution in [0.2, 0.25) is 5.02 Å². The highest BCUT2D eigenvalue weighted by Gasteiger charge is 2.22. The molecular weight excluding hydrogens is 322 g/mol. The van der Waals surface area contributed by atoms with Gasteiger partial charge in [-0.25, -0.2) is 9.78 Å². The maximum absolute atomic E-state index is 12.6. The molecule has 0 atom stereocenters. The summed E-state index contributed by atoms with van der Waals surface area (Å²) in [5.41, 5.74) is 0.231. The Morgan fingerprint density at radius 1 is 1.43 bits per heavy atom. The normalized spacial score (nSPS) is 10.9. The molecule has 7 nitrogen and oxygen atoms in total. The molecular formula is C15H12ClN3O4. The third kappa shape index (κ3) is 2.95. The first-order valence-corrected chi connectivity index (χ1v) is 7.24. The molecule has 1 aromatic carbocycles. The van der Waals surface area contributed by atoms with Gasteiger partial charge in [-0.1, -0.05) is 28.9 Å². The Kier molecular flexibility index (Phi) is 4.12. The number of ether oxygens (including phenoxy) is 1. The summed E-state index contributed by atoms with van der Waals surface area (Å²) in [4.78, 5) is 28.5. The molecule has 8 heteroatoms. The van der Waals surface area contributed by atoms with Gasteiger partial charge in [0, 0.05) is 5.02 Å². The van der Waals surface area contributed by atoms with Crippen LogP contribution in [0.4, 0.5) is 0 Å². The number of halogens is 1. The van der Waals surface area contributed by atoms with E-state index in [1.807, 2.05) is 6.07 Å². The summed E-state index contributed by atoms with van der Waals surface area (Å²) in [6.07, 6.45) is 1.34. The number of nitrogens with zero attached hydrogens (tertiary/aromatic N) is 3. The van der Waals surface area contributed by atoms with E-state index < -0.39 is 11.5 Å². The SMILES string of the molecule is CCOC(=O)c1noc2ncn(Cc3cccc(Cl)c3)c(=O)c12. The summed E-state index contributed by atoms with van der Waals surface area (Å²) in [6.45, 7) is 2.09. The molecule has 0 unspecified atom stereocenters. The highest BCUT2D eigenvalue weighted by atomic mass is 35.5. The van der Waals surface area contributed by atoms with Gasteiger partial charge in [-0.2, -0.15) is 0 Å². The van der Waals surface area contributed by atoms with Crippen LogP contribution in [0.15, 0.2) is 39.9 Å². The Hall–Kier alpha value is -2.67. The highest BCUT2D eigenvalue weighted by molar-refractivity contribution is 6.30. The van der Waals surface area contributed by atoms with E-state index in [2.05, 4.69) is 10.1 Å². The predicted molar refractivity (Wildman–Crippen MR) is 82.6 cm³/mol. The summed E-state index contributed by atoms with van der Waals surface area (Å²) in [7, 11) is 0. The van der Waals surface area contributed by atoms with Crippen molar-refractivity contribution in [1.29, 1.82) is 0 Å². The van der Waals surface area contributed by atoms with Crippen LogP contribution >= 0.6 is 11.6 Å². The molecule has 3 aromatic rings. The van der Waals surface area contributed by atoms with Crippen LogP contribution in [0.25, 0.3) is 11.1 Å². The van der Waals surface area contributed by atoms with E-state index in [1.54, 1.807) is 25.1 Å².